The smallest absolute Gasteiger partial charge is 0.308 e. The van der Waals surface area contributed by atoms with E-state index in [1.807, 2.05) is 6.07 Å². The number of hydrogen-bond acceptors (Lipinski definition) is 4. The van der Waals surface area contributed by atoms with Crippen LogP contribution in [0.15, 0.2) is 22.6 Å². The number of hydrogen-bond donors (Lipinski definition) is 1. The largest absolute Gasteiger partial charge is 0.453 e. The van der Waals surface area contributed by atoms with Gasteiger partial charge in [-0.1, -0.05) is 13.3 Å². The average molecular weight is 263 g/mol. The summed E-state index contributed by atoms with van der Waals surface area (Å²) in [5.74, 6) is 0.184. The van der Waals surface area contributed by atoms with Gasteiger partial charge in [0.2, 0.25) is 0 Å². The summed E-state index contributed by atoms with van der Waals surface area (Å²) in [4.78, 5) is 10.5. The maximum Gasteiger partial charge on any atom is 0.308 e. The molecule has 4 heteroatoms. The first-order valence-corrected chi connectivity index (χ1v) is 6.92. The van der Waals surface area contributed by atoms with Gasteiger partial charge in [-0.15, -0.1) is 0 Å². The maximum atomic E-state index is 10.5. The third-order valence-electron chi connectivity index (χ3n) is 3.30. The molecule has 0 amide bonds. The summed E-state index contributed by atoms with van der Waals surface area (Å²) in [6.45, 7) is 4.86. The minimum absolute atomic E-state index is 0.325. The molecular formula is C15H21NO3. The summed E-state index contributed by atoms with van der Waals surface area (Å²) in [5.41, 5.74) is 1.35. The summed E-state index contributed by atoms with van der Waals surface area (Å²) in [6.07, 6.45) is 5.53. The van der Waals surface area contributed by atoms with Crippen molar-refractivity contribution in [3.63, 3.8) is 0 Å². The van der Waals surface area contributed by atoms with Crippen molar-refractivity contribution in [1.29, 1.82) is 0 Å². The number of carbonyl (C=O) groups excluding carboxylic acids is 1. The molecule has 1 aliphatic heterocycles. The van der Waals surface area contributed by atoms with E-state index >= 15 is 0 Å². The maximum absolute atomic E-state index is 10.5. The highest BCUT2D eigenvalue weighted by molar-refractivity contribution is 5.77. The standard InChI is InChI=1S/C8H6O3.C7H15N/c1-5(9)10-8-4-6-2-3-7(8)11-6;1-2-7-5-3-4-6-8-7/h2-4H,1H3;7-8H,2-6H2,1H3. The van der Waals surface area contributed by atoms with Crippen LogP contribution in [-0.2, 0) is 4.79 Å². The van der Waals surface area contributed by atoms with E-state index in [-0.39, 0.29) is 5.97 Å². The van der Waals surface area contributed by atoms with Crippen LogP contribution in [0.1, 0.15) is 39.5 Å². The third-order valence-corrected chi connectivity index (χ3v) is 3.30. The van der Waals surface area contributed by atoms with E-state index in [2.05, 4.69) is 12.2 Å². The highest BCUT2D eigenvalue weighted by Crippen LogP contribution is 2.28. The Hall–Kier alpha value is -1.55. The molecule has 0 radical (unpaired) electrons. The van der Waals surface area contributed by atoms with Crippen LogP contribution in [0.4, 0.5) is 0 Å². The zero-order valence-corrected chi connectivity index (χ0v) is 11.6. The zero-order valence-electron chi connectivity index (χ0n) is 11.6. The fourth-order valence-electron chi connectivity index (χ4n) is 2.27. The molecule has 2 bridgehead atoms. The van der Waals surface area contributed by atoms with Gasteiger partial charge in [-0.3, -0.25) is 4.79 Å². The molecule has 3 heterocycles. The monoisotopic (exact) mass is 263 g/mol. The van der Waals surface area contributed by atoms with Crippen LogP contribution in [0.3, 0.4) is 0 Å². The quantitative estimate of drug-likeness (QED) is 0.667. The molecule has 1 unspecified atom stereocenters. The molecule has 19 heavy (non-hydrogen) atoms. The highest BCUT2D eigenvalue weighted by atomic mass is 16.5. The van der Waals surface area contributed by atoms with Gasteiger partial charge in [-0.05, 0) is 37.9 Å². The molecule has 0 aliphatic carbocycles. The molecule has 3 rings (SSSR count). The minimum Gasteiger partial charge on any atom is -0.453 e. The van der Waals surface area contributed by atoms with Crippen molar-refractivity contribution >= 4 is 17.1 Å². The molecule has 1 saturated heterocycles. The second-order valence-electron chi connectivity index (χ2n) is 4.86. The van der Waals surface area contributed by atoms with Crippen LogP contribution < -0.4 is 10.1 Å². The topological polar surface area (TPSA) is 51.5 Å². The van der Waals surface area contributed by atoms with Crippen LogP contribution in [-0.4, -0.2) is 18.6 Å². The van der Waals surface area contributed by atoms with Gasteiger partial charge in [-0.2, -0.15) is 0 Å². The van der Waals surface area contributed by atoms with E-state index in [0.717, 1.165) is 11.6 Å². The van der Waals surface area contributed by atoms with Crippen molar-refractivity contribution < 1.29 is 13.9 Å². The van der Waals surface area contributed by atoms with Gasteiger partial charge in [-0.25, -0.2) is 0 Å². The molecule has 1 fully saturated rings. The Morgan fingerprint density at radius 3 is 2.74 bits per heavy atom. The summed E-state index contributed by atoms with van der Waals surface area (Å²) in [7, 11) is 0. The molecule has 0 spiro atoms. The van der Waals surface area contributed by atoms with Crippen molar-refractivity contribution in [2.45, 2.75) is 45.6 Å². The van der Waals surface area contributed by atoms with E-state index in [4.69, 9.17) is 9.15 Å². The minimum atomic E-state index is -0.325. The predicted molar refractivity (Wildman–Crippen MR) is 74.6 cm³/mol. The predicted octanol–water partition coefficient (Wildman–Crippen LogP) is 3.33. The zero-order chi connectivity index (χ0) is 13.7. The highest BCUT2D eigenvalue weighted by Gasteiger charge is 2.09. The van der Waals surface area contributed by atoms with E-state index in [9.17, 15) is 4.79 Å². The lowest BCUT2D eigenvalue weighted by molar-refractivity contribution is -0.131. The fourth-order valence-corrected chi connectivity index (χ4v) is 2.27. The molecule has 0 aromatic carbocycles. The number of furan rings is 2. The first-order chi connectivity index (χ1) is 9.19. The van der Waals surface area contributed by atoms with Crippen molar-refractivity contribution in [2.24, 2.45) is 0 Å². The van der Waals surface area contributed by atoms with Gasteiger partial charge in [0.05, 0.1) is 0 Å². The molecule has 2 aromatic rings. The van der Waals surface area contributed by atoms with Crippen molar-refractivity contribution in [3.8, 4) is 5.75 Å². The molecule has 1 N–H and O–H groups in total. The Morgan fingerprint density at radius 2 is 2.32 bits per heavy atom. The molecular weight excluding hydrogens is 242 g/mol. The number of piperidine rings is 1. The van der Waals surface area contributed by atoms with Gasteiger partial charge in [0.25, 0.3) is 0 Å². The molecule has 104 valence electrons. The lowest BCUT2D eigenvalue weighted by Crippen LogP contribution is -2.32. The van der Waals surface area contributed by atoms with Gasteiger partial charge >= 0.3 is 5.97 Å². The molecule has 1 aliphatic rings. The van der Waals surface area contributed by atoms with Gasteiger partial charge in [0.1, 0.15) is 5.58 Å². The number of fused-ring (bicyclic) bond motifs is 2. The average Bonchev–Trinajstić information content (AvgIpc) is 3.02. The van der Waals surface area contributed by atoms with Crippen molar-refractivity contribution in [3.05, 3.63) is 18.2 Å². The summed E-state index contributed by atoms with van der Waals surface area (Å²) >= 11 is 0. The van der Waals surface area contributed by atoms with Crippen LogP contribution in [0.5, 0.6) is 5.75 Å². The Morgan fingerprint density at radius 1 is 1.47 bits per heavy atom. The number of esters is 1. The van der Waals surface area contributed by atoms with Crippen LogP contribution in [0.25, 0.3) is 11.2 Å². The molecule has 2 aromatic heterocycles. The first-order valence-electron chi connectivity index (χ1n) is 6.92. The van der Waals surface area contributed by atoms with Crippen molar-refractivity contribution in [2.75, 3.05) is 6.54 Å². The molecule has 4 nitrogen and oxygen atoms in total. The summed E-state index contributed by atoms with van der Waals surface area (Å²) in [6, 6.07) is 6.12. The Bertz CT molecular complexity index is 500. The van der Waals surface area contributed by atoms with Crippen LogP contribution >= 0.6 is 0 Å². The summed E-state index contributed by atoms with van der Waals surface area (Å²) < 4.78 is 9.97. The first kappa shape index (κ1) is 13.9. The van der Waals surface area contributed by atoms with E-state index in [1.54, 1.807) is 12.1 Å². The number of rotatable bonds is 2. The number of carbonyl (C=O) groups is 1. The Kier molecular flexibility index (Phi) is 4.80. The lowest BCUT2D eigenvalue weighted by atomic mass is 10.0. The van der Waals surface area contributed by atoms with Gasteiger partial charge < -0.3 is 14.5 Å². The summed E-state index contributed by atoms with van der Waals surface area (Å²) in [5, 5.41) is 3.47. The second-order valence-corrected chi connectivity index (χ2v) is 4.86. The fraction of sp³-hybridized carbons (Fsp3) is 0.533. The van der Waals surface area contributed by atoms with Crippen molar-refractivity contribution in [1.82, 2.24) is 5.32 Å². The SMILES string of the molecule is CC(=O)Oc1cc2ccc1o2.CCC1CCCCN1. The molecule has 1 atom stereocenters. The van der Waals surface area contributed by atoms with Gasteiger partial charge in [0, 0.05) is 19.0 Å². The van der Waals surface area contributed by atoms with E-state index in [0.29, 0.717) is 11.3 Å². The number of nitrogens with one attached hydrogen (secondary N) is 1. The Labute approximate surface area is 113 Å². The number of ether oxygens (including phenoxy) is 1. The third kappa shape index (κ3) is 3.96. The van der Waals surface area contributed by atoms with Crippen LogP contribution in [0, 0.1) is 0 Å². The normalized spacial score (nSPS) is 18.9. The molecule has 0 saturated carbocycles. The number of benzene rings is 1. The van der Waals surface area contributed by atoms with Crippen LogP contribution in [0.2, 0.25) is 0 Å². The van der Waals surface area contributed by atoms with E-state index in [1.165, 1.54) is 39.2 Å². The van der Waals surface area contributed by atoms with Gasteiger partial charge in [0.15, 0.2) is 11.3 Å². The second kappa shape index (κ2) is 6.57. The lowest BCUT2D eigenvalue weighted by Gasteiger charge is -2.21. The Balaban J connectivity index is 0.000000148. The van der Waals surface area contributed by atoms with E-state index < -0.39 is 0 Å².